The van der Waals surface area contributed by atoms with Crippen LogP contribution in [0.25, 0.3) is 6.08 Å². The zero-order valence-corrected chi connectivity index (χ0v) is 6.95. The van der Waals surface area contributed by atoms with Crippen molar-refractivity contribution in [2.24, 2.45) is 0 Å². The molecule has 1 nitrogen and oxygen atoms in total. The number of ketones is 1. The zero-order valence-electron chi connectivity index (χ0n) is 7.95. The molecular formula is C11H11O+. The van der Waals surface area contributed by atoms with Crippen LogP contribution in [0.3, 0.4) is 0 Å². The molecule has 0 saturated carbocycles. The van der Waals surface area contributed by atoms with Crippen LogP contribution in [0.5, 0.6) is 0 Å². The highest BCUT2D eigenvalue weighted by Gasteiger charge is 2.18. The van der Waals surface area contributed by atoms with Crippen LogP contribution in [0, 0.1) is 0 Å². The highest BCUT2D eigenvalue weighted by atomic mass is 16.1. The number of carbonyl (C=O) groups excluding carboxylic acids is 1. The summed E-state index contributed by atoms with van der Waals surface area (Å²) < 4.78 is 0. The van der Waals surface area contributed by atoms with E-state index in [0.29, 0.717) is 0 Å². The first-order valence-corrected chi connectivity index (χ1v) is 4.10. The number of fused-ring (bicyclic) bond motifs is 1. The smallest absolute Gasteiger partial charge is 0.294 e. The first-order chi connectivity index (χ1) is 5.79. The molecule has 0 bridgehead atoms. The van der Waals surface area contributed by atoms with Gasteiger partial charge in [0.15, 0.2) is 5.78 Å². The molecule has 60 valence electrons. The Bertz CT molecular complexity index is 355. The number of carbonyl (C=O) groups is 1. The van der Waals surface area contributed by atoms with E-state index in [9.17, 15) is 4.79 Å². The monoisotopic (exact) mass is 159 g/mol. The fraction of sp³-hybridized carbons (Fsp3) is 0.182. The van der Waals surface area contributed by atoms with Gasteiger partial charge in [0.1, 0.15) is 0 Å². The Kier molecular flexibility index (Phi) is 1.58. The van der Waals surface area contributed by atoms with Crippen molar-refractivity contribution in [3.63, 3.8) is 0 Å². The minimum Gasteiger partial charge on any atom is -0.294 e. The summed E-state index contributed by atoms with van der Waals surface area (Å²) in [5.41, 5.74) is 2.31. The number of benzene rings is 1. The van der Waals surface area contributed by atoms with Crippen LogP contribution < -0.4 is 0 Å². The van der Waals surface area contributed by atoms with Gasteiger partial charge in [0.05, 0.1) is 0 Å². The summed E-state index contributed by atoms with van der Waals surface area (Å²) in [4.78, 5) is 11.3. The summed E-state index contributed by atoms with van der Waals surface area (Å²) in [6.45, 7) is 1.95. The van der Waals surface area contributed by atoms with Crippen LogP contribution in [0.1, 0.15) is 25.4 Å². The molecule has 0 amide bonds. The lowest BCUT2D eigenvalue weighted by Crippen LogP contribution is -2.10. The van der Waals surface area contributed by atoms with E-state index in [-0.39, 0.29) is 13.1 Å². The van der Waals surface area contributed by atoms with Crippen molar-refractivity contribution in [1.82, 2.24) is 0 Å². The molecule has 1 unspecified atom stereocenters. The SMILES string of the molecule is CC1C(=O)C=Cc2ccccc21.[H+]. The van der Waals surface area contributed by atoms with Gasteiger partial charge in [-0.1, -0.05) is 37.3 Å². The van der Waals surface area contributed by atoms with Crippen molar-refractivity contribution >= 4 is 11.9 Å². The Balaban J connectivity index is 0.000000845. The molecule has 0 N–H and O–H groups in total. The molecule has 0 radical (unpaired) electrons. The molecule has 0 spiro atoms. The van der Waals surface area contributed by atoms with Crippen molar-refractivity contribution in [2.75, 3.05) is 0 Å². The van der Waals surface area contributed by atoms with Gasteiger partial charge in [0.25, 0.3) is 0 Å². The van der Waals surface area contributed by atoms with E-state index in [0.717, 1.165) is 5.56 Å². The summed E-state index contributed by atoms with van der Waals surface area (Å²) in [7, 11) is 0. The Hall–Kier alpha value is -1.37. The predicted molar refractivity (Wildman–Crippen MR) is 50.0 cm³/mol. The van der Waals surface area contributed by atoms with Crippen LogP contribution in [-0.4, -0.2) is 5.78 Å². The third-order valence-corrected chi connectivity index (χ3v) is 2.32. The maximum Gasteiger partial charge on any atom is 1.00 e. The third-order valence-electron chi connectivity index (χ3n) is 2.32. The lowest BCUT2D eigenvalue weighted by atomic mass is 9.88. The van der Waals surface area contributed by atoms with Crippen molar-refractivity contribution in [3.05, 3.63) is 41.5 Å². The summed E-state index contributed by atoms with van der Waals surface area (Å²) in [5, 5.41) is 0. The van der Waals surface area contributed by atoms with Gasteiger partial charge in [0.2, 0.25) is 0 Å². The minimum absolute atomic E-state index is 0. The normalized spacial score (nSPS) is 20.8. The Morgan fingerprint density at radius 2 is 2.00 bits per heavy atom. The van der Waals surface area contributed by atoms with Gasteiger partial charge in [-0.2, -0.15) is 0 Å². The maximum absolute atomic E-state index is 11.3. The maximum atomic E-state index is 11.3. The van der Waals surface area contributed by atoms with Crippen molar-refractivity contribution < 1.29 is 6.22 Å². The van der Waals surface area contributed by atoms with Gasteiger partial charge < -0.3 is 0 Å². The van der Waals surface area contributed by atoms with E-state index in [2.05, 4.69) is 0 Å². The number of rotatable bonds is 0. The third kappa shape index (κ3) is 0.981. The molecular weight excluding hydrogens is 148 g/mol. The van der Waals surface area contributed by atoms with Crippen molar-refractivity contribution in [2.45, 2.75) is 12.8 Å². The van der Waals surface area contributed by atoms with Crippen LogP contribution in [0.2, 0.25) is 0 Å². The van der Waals surface area contributed by atoms with Crippen LogP contribution >= 0.6 is 0 Å². The largest absolute Gasteiger partial charge is 1.00 e. The van der Waals surface area contributed by atoms with Gasteiger partial charge in [-0.3, -0.25) is 4.79 Å². The summed E-state index contributed by atoms with van der Waals surface area (Å²) >= 11 is 0. The van der Waals surface area contributed by atoms with E-state index in [1.165, 1.54) is 5.56 Å². The second kappa shape index (κ2) is 2.59. The number of hydrogen-bond donors (Lipinski definition) is 0. The Morgan fingerprint density at radius 3 is 2.83 bits per heavy atom. The van der Waals surface area contributed by atoms with Crippen LogP contribution in [-0.2, 0) is 4.79 Å². The van der Waals surface area contributed by atoms with Gasteiger partial charge in [0, 0.05) is 5.92 Å². The molecule has 1 aliphatic carbocycles. The summed E-state index contributed by atoms with van der Waals surface area (Å²) in [6, 6.07) is 8.02. The Morgan fingerprint density at radius 1 is 1.25 bits per heavy atom. The van der Waals surface area contributed by atoms with E-state index in [1.807, 2.05) is 37.3 Å². The first kappa shape index (κ1) is 7.29. The molecule has 1 aromatic carbocycles. The van der Waals surface area contributed by atoms with Crippen LogP contribution in [0.15, 0.2) is 30.3 Å². The molecule has 1 atom stereocenters. The molecule has 1 aliphatic rings. The number of hydrogen-bond acceptors (Lipinski definition) is 1. The van der Waals surface area contributed by atoms with Gasteiger partial charge in [-0.15, -0.1) is 0 Å². The van der Waals surface area contributed by atoms with Crippen LogP contribution in [0.4, 0.5) is 0 Å². The topological polar surface area (TPSA) is 17.1 Å². The number of allylic oxidation sites excluding steroid dienone is 1. The van der Waals surface area contributed by atoms with Crippen molar-refractivity contribution in [3.8, 4) is 0 Å². The molecule has 1 aromatic rings. The van der Waals surface area contributed by atoms with E-state index in [4.69, 9.17) is 0 Å². The average Bonchev–Trinajstić information content (AvgIpc) is 2.12. The fourth-order valence-corrected chi connectivity index (χ4v) is 1.53. The summed E-state index contributed by atoms with van der Waals surface area (Å²) in [6.07, 6.45) is 3.55. The van der Waals surface area contributed by atoms with E-state index in [1.54, 1.807) is 6.08 Å². The van der Waals surface area contributed by atoms with E-state index < -0.39 is 0 Å². The lowest BCUT2D eigenvalue weighted by Gasteiger charge is -2.15. The molecule has 1 heteroatoms. The summed E-state index contributed by atoms with van der Waals surface area (Å²) in [5.74, 6) is 0.236. The molecule has 2 rings (SSSR count). The lowest BCUT2D eigenvalue weighted by molar-refractivity contribution is -0.115. The average molecular weight is 159 g/mol. The molecule has 0 aromatic heterocycles. The standard InChI is InChI=1S/C11H10O/c1-8-10-5-3-2-4-9(10)6-7-11(8)12/h2-8H,1H3/p+1. The minimum atomic E-state index is 0. The van der Waals surface area contributed by atoms with E-state index >= 15 is 0 Å². The molecule has 12 heavy (non-hydrogen) atoms. The van der Waals surface area contributed by atoms with Gasteiger partial charge in [-0.05, 0) is 17.2 Å². The highest BCUT2D eigenvalue weighted by molar-refractivity contribution is 6.01. The molecule has 0 aliphatic heterocycles. The second-order valence-electron chi connectivity index (χ2n) is 3.09. The first-order valence-electron chi connectivity index (χ1n) is 4.10. The van der Waals surface area contributed by atoms with Gasteiger partial charge in [-0.25, -0.2) is 0 Å². The van der Waals surface area contributed by atoms with Gasteiger partial charge >= 0.3 is 1.43 Å². The highest BCUT2D eigenvalue weighted by Crippen LogP contribution is 2.26. The molecule has 0 heterocycles. The fourth-order valence-electron chi connectivity index (χ4n) is 1.53. The molecule has 0 saturated heterocycles. The second-order valence-corrected chi connectivity index (χ2v) is 3.09. The predicted octanol–water partition coefficient (Wildman–Crippen LogP) is 2.50. The molecule has 0 fully saturated rings. The van der Waals surface area contributed by atoms with Crippen molar-refractivity contribution in [1.29, 1.82) is 0 Å². The quantitative estimate of drug-likeness (QED) is 0.568. The zero-order chi connectivity index (χ0) is 8.55. The Labute approximate surface area is 73.2 Å².